The van der Waals surface area contributed by atoms with Crippen LogP contribution in [-0.2, 0) is 15.7 Å². The number of hydrogen-bond donors (Lipinski definition) is 1. The summed E-state index contributed by atoms with van der Waals surface area (Å²) in [4.78, 5) is 13.3. The Kier molecular flexibility index (Phi) is 4.60. The number of ether oxygens (including phenoxy) is 1. The largest absolute Gasteiger partial charge is 0.503 e. The van der Waals surface area contributed by atoms with Crippen LogP contribution in [0, 0.1) is 11.6 Å². The quantitative estimate of drug-likeness (QED) is 0.461. The summed E-state index contributed by atoms with van der Waals surface area (Å²) in [5.74, 6) is -4.86. The minimum atomic E-state index is -4.54. The van der Waals surface area contributed by atoms with Crippen LogP contribution in [0.3, 0.4) is 0 Å². The van der Waals surface area contributed by atoms with Gasteiger partial charge < -0.3 is 9.84 Å². The maximum Gasteiger partial charge on any atom is 0.416 e. The Morgan fingerprint density at radius 2 is 1.63 bits per heavy atom. The number of halogens is 5. The summed E-state index contributed by atoms with van der Waals surface area (Å²) >= 11 is 4.90. The van der Waals surface area contributed by atoms with Crippen LogP contribution in [-0.4, -0.2) is 16.2 Å². The number of rotatable bonds is 2. The summed E-state index contributed by atoms with van der Waals surface area (Å²) in [5.41, 5.74) is -0.997. The number of alkyl halides is 3. The van der Waals surface area contributed by atoms with Crippen LogP contribution in [0.1, 0.15) is 11.1 Å². The lowest BCUT2D eigenvalue weighted by molar-refractivity contribution is -0.137. The molecule has 3 rings (SSSR count). The second-order valence-corrected chi connectivity index (χ2v) is 5.74. The van der Waals surface area contributed by atoms with Crippen LogP contribution >= 0.6 is 12.2 Å². The van der Waals surface area contributed by atoms with Crippen LogP contribution in [0.2, 0.25) is 0 Å². The Morgan fingerprint density at radius 1 is 1.07 bits per heavy atom. The number of aromatic hydroxyl groups is 1. The van der Waals surface area contributed by atoms with Gasteiger partial charge in [0, 0.05) is 0 Å². The number of hydrogen-bond acceptors (Lipinski definition) is 4. The van der Waals surface area contributed by atoms with Gasteiger partial charge in [0.1, 0.15) is 0 Å². The normalized spacial score (nSPS) is 16.2. The second kappa shape index (κ2) is 6.62. The van der Waals surface area contributed by atoms with E-state index in [2.05, 4.69) is 0 Å². The molecule has 2 aromatic carbocycles. The Bertz CT molecular complexity index is 947. The molecule has 10 heteroatoms. The van der Waals surface area contributed by atoms with Crippen molar-refractivity contribution in [3.05, 3.63) is 64.9 Å². The van der Waals surface area contributed by atoms with Crippen LogP contribution in [0.4, 0.5) is 27.6 Å². The van der Waals surface area contributed by atoms with E-state index in [0.717, 1.165) is 47.4 Å². The molecule has 0 aliphatic carbocycles. The van der Waals surface area contributed by atoms with E-state index in [1.165, 1.54) is 0 Å². The minimum absolute atomic E-state index is 0.0319. The number of phenols is 1. The Morgan fingerprint density at radius 3 is 2.15 bits per heavy atom. The molecule has 0 spiro atoms. The van der Waals surface area contributed by atoms with E-state index in [1.807, 2.05) is 0 Å². The van der Waals surface area contributed by atoms with Crippen molar-refractivity contribution in [2.45, 2.75) is 6.18 Å². The molecule has 0 atom stereocenters. The molecule has 27 heavy (non-hydrogen) atoms. The average molecular weight is 401 g/mol. The van der Waals surface area contributed by atoms with Gasteiger partial charge in [-0.1, -0.05) is 0 Å². The summed E-state index contributed by atoms with van der Waals surface area (Å²) in [6, 6.07) is 5.17. The molecule has 1 amide bonds. The molecule has 1 N–H and O–H groups in total. The molecule has 0 unspecified atom stereocenters. The van der Waals surface area contributed by atoms with E-state index in [-0.39, 0.29) is 22.2 Å². The lowest BCUT2D eigenvalue weighted by atomic mass is 10.1. The molecular weight excluding hydrogens is 393 g/mol. The lowest BCUT2D eigenvalue weighted by Gasteiger charge is -2.13. The van der Waals surface area contributed by atoms with Crippen molar-refractivity contribution in [1.29, 1.82) is 0 Å². The van der Waals surface area contributed by atoms with Crippen molar-refractivity contribution >= 4 is 35.1 Å². The fourth-order valence-electron chi connectivity index (χ4n) is 2.31. The maximum absolute atomic E-state index is 13.4. The Hall–Kier alpha value is -3.01. The molecule has 2 aromatic rings. The van der Waals surface area contributed by atoms with Gasteiger partial charge in [-0.25, -0.2) is 13.7 Å². The van der Waals surface area contributed by atoms with Crippen molar-refractivity contribution in [2.75, 3.05) is 4.90 Å². The number of carbonyl (C=O) groups excluding carboxylic acids is 1. The zero-order valence-corrected chi connectivity index (χ0v) is 13.9. The highest BCUT2D eigenvalue weighted by Gasteiger charge is 2.36. The van der Waals surface area contributed by atoms with E-state index < -0.39 is 35.0 Å². The van der Waals surface area contributed by atoms with Crippen LogP contribution < -0.4 is 4.90 Å². The first-order chi connectivity index (χ1) is 12.6. The van der Waals surface area contributed by atoms with Gasteiger partial charge in [0.05, 0.1) is 11.3 Å². The summed E-state index contributed by atoms with van der Waals surface area (Å²) in [6.07, 6.45) is -3.55. The van der Waals surface area contributed by atoms with E-state index in [9.17, 15) is 26.7 Å². The van der Waals surface area contributed by atoms with Gasteiger partial charge in [-0.2, -0.15) is 13.2 Å². The SMILES string of the molecule is O=C1C(=Cc2cc(F)c(O)c(F)c2)OC(=S)N1c1ccc(C(F)(F)F)cc1. The van der Waals surface area contributed by atoms with Gasteiger partial charge in [0.15, 0.2) is 23.1 Å². The van der Waals surface area contributed by atoms with Gasteiger partial charge in [0.2, 0.25) is 0 Å². The highest BCUT2D eigenvalue weighted by molar-refractivity contribution is 7.80. The van der Waals surface area contributed by atoms with Crippen molar-refractivity contribution < 1.29 is 36.6 Å². The third-order valence-corrected chi connectivity index (χ3v) is 3.85. The Labute approximate surface area is 154 Å². The van der Waals surface area contributed by atoms with Gasteiger partial charge >= 0.3 is 12.1 Å². The molecule has 1 aliphatic heterocycles. The van der Waals surface area contributed by atoms with E-state index in [1.54, 1.807) is 0 Å². The standard InChI is InChI=1S/C17H8F5NO3S/c18-11-5-8(6-12(19)14(11)24)7-13-15(25)23(16(27)26-13)10-3-1-9(2-4-10)17(20,21)22/h1-7,24H. The van der Waals surface area contributed by atoms with Gasteiger partial charge in [-0.15, -0.1) is 0 Å². The second-order valence-electron chi connectivity index (χ2n) is 5.39. The van der Waals surface area contributed by atoms with Gasteiger partial charge in [-0.05, 0) is 60.3 Å². The number of benzene rings is 2. The zero-order chi connectivity index (χ0) is 19.9. The topological polar surface area (TPSA) is 49.8 Å². The van der Waals surface area contributed by atoms with E-state index in [4.69, 9.17) is 22.1 Å². The third-order valence-electron chi connectivity index (χ3n) is 3.58. The highest BCUT2D eigenvalue weighted by atomic mass is 32.1. The first-order valence-electron chi connectivity index (χ1n) is 7.21. The summed E-state index contributed by atoms with van der Waals surface area (Å²) in [5, 5.41) is 8.72. The number of phenolic OH excluding ortho intramolecular Hbond substituents is 1. The molecule has 0 aromatic heterocycles. The fourth-order valence-corrected chi connectivity index (χ4v) is 2.59. The van der Waals surface area contributed by atoms with E-state index in [0.29, 0.717) is 0 Å². The number of thiocarbonyl (C=S) groups is 1. The average Bonchev–Trinajstić information content (AvgIpc) is 2.85. The third kappa shape index (κ3) is 3.61. The number of carbonyl (C=O) groups is 1. The van der Waals surface area contributed by atoms with Crippen molar-refractivity contribution in [3.63, 3.8) is 0 Å². The first kappa shape index (κ1) is 18.8. The predicted molar refractivity (Wildman–Crippen MR) is 88.6 cm³/mol. The monoisotopic (exact) mass is 401 g/mol. The fraction of sp³-hybridized carbons (Fsp3) is 0.0588. The smallest absolute Gasteiger partial charge is 0.416 e. The van der Waals surface area contributed by atoms with Crippen molar-refractivity contribution in [2.24, 2.45) is 0 Å². The zero-order valence-electron chi connectivity index (χ0n) is 13.1. The summed E-state index contributed by atoms with van der Waals surface area (Å²) in [6.45, 7) is 0. The number of nitrogens with zero attached hydrogens (tertiary/aromatic N) is 1. The van der Waals surface area contributed by atoms with Gasteiger partial charge in [-0.3, -0.25) is 4.79 Å². The van der Waals surface area contributed by atoms with Crippen molar-refractivity contribution in [3.8, 4) is 5.75 Å². The molecule has 0 saturated carbocycles. The predicted octanol–water partition coefficient (Wildman–Crippen LogP) is 4.38. The van der Waals surface area contributed by atoms with Gasteiger partial charge in [0.25, 0.3) is 5.17 Å². The molecule has 1 fully saturated rings. The molecule has 140 valence electrons. The minimum Gasteiger partial charge on any atom is -0.503 e. The number of anilines is 1. The number of amides is 1. The van der Waals surface area contributed by atoms with Crippen LogP contribution in [0.15, 0.2) is 42.2 Å². The molecule has 1 aliphatic rings. The molecule has 0 bridgehead atoms. The lowest BCUT2D eigenvalue weighted by Crippen LogP contribution is -2.28. The molecule has 1 heterocycles. The first-order valence-corrected chi connectivity index (χ1v) is 7.62. The molecule has 4 nitrogen and oxygen atoms in total. The van der Waals surface area contributed by atoms with E-state index >= 15 is 0 Å². The Balaban J connectivity index is 1.91. The molecule has 1 saturated heterocycles. The molecular formula is C17H8F5NO3S. The molecule has 0 radical (unpaired) electrons. The van der Waals surface area contributed by atoms with Crippen LogP contribution in [0.5, 0.6) is 5.75 Å². The van der Waals surface area contributed by atoms with Crippen molar-refractivity contribution in [1.82, 2.24) is 0 Å². The van der Waals surface area contributed by atoms with Crippen LogP contribution in [0.25, 0.3) is 6.08 Å². The highest BCUT2D eigenvalue weighted by Crippen LogP contribution is 2.32. The summed E-state index contributed by atoms with van der Waals surface area (Å²) in [7, 11) is 0. The maximum atomic E-state index is 13.4. The summed E-state index contributed by atoms with van der Waals surface area (Å²) < 4.78 is 69.8.